The topological polar surface area (TPSA) is 46.9 Å². The van der Waals surface area contributed by atoms with Crippen LogP contribution in [0.3, 0.4) is 0 Å². The van der Waals surface area contributed by atoms with Gasteiger partial charge in [0.05, 0.1) is 13.2 Å². The average Bonchev–Trinajstić information content (AvgIpc) is 2.25. The molecule has 4 nitrogen and oxygen atoms in total. The Morgan fingerprint density at radius 3 is 2.00 bits per heavy atom. The summed E-state index contributed by atoms with van der Waals surface area (Å²) in [5.41, 5.74) is 0.277. The maximum absolute atomic E-state index is 8.94. The summed E-state index contributed by atoms with van der Waals surface area (Å²) in [6.45, 7) is 10.9. The Labute approximate surface area is 119 Å². The molecule has 0 saturated heterocycles. The first-order chi connectivity index (χ1) is 8.80. The third-order valence-corrected chi connectivity index (χ3v) is 3.57. The van der Waals surface area contributed by atoms with Crippen LogP contribution in [0, 0.1) is 11.3 Å². The minimum atomic E-state index is 0.230. The molecule has 1 unspecified atom stereocenters. The van der Waals surface area contributed by atoms with Gasteiger partial charge < -0.3 is 20.0 Å². The molecule has 0 aliphatic rings. The number of hydrogen-bond donors (Lipinski definition) is 2. The molecule has 0 aromatic heterocycles. The first-order valence-corrected chi connectivity index (χ1v) is 7.39. The molecule has 0 aromatic rings. The number of nitrogens with zero attached hydrogens (tertiary/aromatic N) is 2. The zero-order valence-electron chi connectivity index (χ0n) is 13.5. The van der Waals surface area contributed by atoms with Crippen molar-refractivity contribution in [3.63, 3.8) is 0 Å². The monoisotopic (exact) mass is 274 g/mol. The maximum atomic E-state index is 8.94. The van der Waals surface area contributed by atoms with Crippen molar-refractivity contribution in [3.8, 4) is 0 Å². The predicted octanol–water partition coefficient (Wildman–Crippen LogP) is 1.28. The van der Waals surface area contributed by atoms with Crippen LogP contribution in [-0.4, -0.2) is 73.5 Å². The molecule has 0 amide bonds. The molecular weight excluding hydrogens is 240 g/mol. The summed E-state index contributed by atoms with van der Waals surface area (Å²) >= 11 is 0. The van der Waals surface area contributed by atoms with E-state index in [0.717, 1.165) is 26.2 Å². The van der Waals surface area contributed by atoms with Gasteiger partial charge in [0.2, 0.25) is 0 Å². The van der Waals surface area contributed by atoms with E-state index < -0.39 is 0 Å². The fraction of sp³-hybridized carbons (Fsp3) is 1.00. The number of rotatable bonds is 11. The van der Waals surface area contributed by atoms with Crippen LogP contribution < -0.4 is 0 Å². The van der Waals surface area contributed by atoms with Crippen molar-refractivity contribution < 1.29 is 10.2 Å². The van der Waals surface area contributed by atoms with E-state index in [-0.39, 0.29) is 18.6 Å². The van der Waals surface area contributed by atoms with Crippen LogP contribution in [0.15, 0.2) is 0 Å². The molecule has 0 fully saturated rings. The van der Waals surface area contributed by atoms with E-state index in [1.54, 1.807) is 0 Å². The molecule has 116 valence electrons. The predicted molar refractivity (Wildman–Crippen MR) is 81.3 cm³/mol. The first kappa shape index (κ1) is 18.8. The molecule has 0 aliphatic carbocycles. The van der Waals surface area contributed by atoms with Gasteiger partial charge in [0.15, 0.2) is 0 Å². The highest BCUT2D eigenvalue weighted by molar-refractivity contribution is 4.75. The maximum Gasteiger partial charge on any atom is 0.0558 e. The number of hydrogen-bond acceptors (Lipinski definition) is 4. The molecule has 0 radical (unpaired) electrons. The van der Waals surface area contributed by atoms with Gasteiger partial charge in [0, 0.05) is 19.6 Å². The van der Waals surface area contributed by atoms with Gasteiger partial charge in [-0.2, -0.15) is 0 Å². The van der Waals surface area contributed by atoms with Crippen LogP contribution in [0.2, 0.25) is 0 Å². The second kappa shape index (κ2) is 9.70. The van der Waals surface area contributed by atoms with E-state index in [1.165, 1.54) is 12.8 Å². The van der Waals surface area contributed by atoms with E-state index in [4.69, 9.17) is 10.2 Å². The summed E-state index contributed by atoms with van der Waals surface area (Å²) in [7, 11) is 4.13. The van der Waals surface area contributed by atoms with Gasteiger partial charge in [-0.25, -0.2) is 0 Å². The Morgan fingerprint density at radius 1 is 0.947 bits per heavy atom. The van der Waals surface area contributed by atoms with Crippen LogP contribution in [-0.2, 0) is 0 Å². The van der Waals surface area contributed by atoms with Crippen molar-refractivity contribution >= 4 is 0 Å². The van der Waals surface area contributed by atoms with Gasteiger partial charge >= 0.3 is 0 Å². The first-order valence-electron chi connectivity index (χ1n) is 7.39. The summed E-state index contributed by atoms with van der Waals surface area (Å²) in [4.78, 5) is 4.38. The lowest BCUT2D eigenvalue weighted by atomic mass is 9.81. The van der Waals surface area contributed by atoms with Crippen LogP contribution in [0.5, 0.6) is 0 Å². The molecule has 4 heteroatoms. The lowest BCUT2D eigenvalue weighted by molar-refractivity contribution is 0.144. The van der Waals surface area contributed by atoms with Gasteiger partial charge in [-0.05, 0) is 44.8 Å². The summed E-state index contributed by atoms with van der Waals surface area (Å²) in [6.07, 6.45) is 2.36. The van der Waals surface area contributed by atoms with Crippen molar-refractivity contribution in [2.45, 2.75) is 33.6 Å². The zero-order valence-corrected chi connectivity index (χ0v) is 13.5. The third-order valence-electron chi connectivity index (χ3n) is 3.57. The quantitative estimate of drug-likeness (QED) is 0.596. The number of likely N-dealkylation sites (N-methyl/N-ethyl adjacent to an activating group) is 2. The van der Waals surface area contributed by atoms with Crippen molar-refractivity contribution in [2.75, 3.05) is 53.5 Å². The van der Waals surface area contributed by atoms with Crippen LogP contribution in [0.4, 0.5) is 0 Å². The summed E-state index contributed by atoms with van der Waals surface area (Å²) in [5.74, 6) is 0.679. The lowest BCUT2D eigenvalue weighted by Crippen LogP contribution is -2.34. The molecule has 19 heavy (non-hydrogen) atoms. The SMILES string of the molecule is CC(CCN(C)CCO)CC(C)(C)CN(C)CCO. The Hall–Kier alpha value is -0.160. The Bertz CT molecular complexity index is 222. The fourth-order valence-corrected chi connectivity index (χ4v) is 2.81. The van der Waals surface area contributed by atoms with Crippen molar-refractivity contribution in [2.24, 2.45) is 11.3 Å². The summed E-state index contributed by atoms with van der Waals surface area (Å²) in [6, 6.07) is 0. The molecule has 0 spiro atoms. The molecule has 0 aliphatic heterocycles. The second-order valence-corrected chi connectivity index (χ2v) is 6.75. The third kappa shape index (κ3) is 10.3. The molecule has 0 heterocycles. The molecule has 0 bridgehead atoms. The minimum Gasteiger partial charge on any atom is -0.395 e. The molecule has 0 aromatic carbocycles. The van der Waals surface area contributed by atoms with E-state index in [2.05, 4.69) is 44.7 Å². The van der Waals surface area contributed by atoms with Crippen LogP contribution in [0.25, 0.3) is 0 Å². The molecular formula is C15H34N2O2. The van der Waals surface area contributed by atoms with Gasteiger partial charge in [-0.1, -0.05) is 20.8 Å². The highest BCUT2D eigenvalue weighted by Gasteiger charge is 2.22. The standard InChI is InChI=1S/C15H34N2O2/c1-14(6-7-16(4)8-10-18)12-15(2,3)13-17(5)9-11-19/h14,18-19H,6-13H2,1-5H3. The van der Waals surface area contributed by atoms with Crippen LogP contribution in [0.1, 0.15) is 33.6 Å². The van der Waals surface area contributed by atoms with Gasteiger partial charge in [-0.15, -0.1) is 0 Å². The Kier molecular flexibility index (Phi) is 9.62. The second-order valence-electron chi connectivity index (χ2n) is 6.75. The lowest BCUT2D eigenvalue weighted by Gasteiger charge is -2.32. The largest absolute Gasteiger partial charge is 0.395 e. The van der Waals surface area contributed by atoms with E-state index in [1.807, 2.05) is 0 Å². The minimum absolute atomic E-state index is 0.230. The van der Waals surface area contributed by atoms with E-state index in [9.17, 15) is 0 Å². The smallest absolute Gasteiger partial charge is 0.0558 e. The molecule has 0 rings (SSSR count). The fourth-order valence-electron chi connectivity index (χ4n) is 2.81. The molecule has 0 saturated carbocycles. The average molecular weight is 274 g/mol. The van der Waals surface area contributed by atoms with Crippen LogP contribution >= 0.6 is 0 Å². The highest BCUT2D eigenvalue weighted by atomic mass is 16.3. The highest BCUT2D eigenvalue weighted by Crippen LogP contribution is 2.27. The van der Waals surface area contributed by atoms with Gasteiger partial charge in [0.1, 0.15) is 0 Å². The number of aliphatic hydroxyl groups is 2. The summed E-state index contributed by atoms with van der Waals surface area (Å²) < 4.78 is 0. The van der Waals surface area contributed by atoms with Crippen molar-refractivity contribution in [3.05, 3.63) is 0 Å². The van der Waals surface area contributed by atoms with Gasteiger partial charge in [-0.3, -0.25) is 0 Å². The van der Waals surface area contributed by atoms with Crippen molar-refractivity contribution in [1.82, 2.24) is 9.80 Å². The van der Waals surface area contributed by atoms with E-state index in [0.29, 0.717) is 5.92 Å². The molecule has 2 N–H and O–H groups in total. The normalized spacial score (nSPS) is 14.4. The zero-order chi connectivity index (χ0) is 14.9. The van der Waals surface area contributed by atoms with E-state index >= 15 is 0 Å². The Balaban J connectivity index is 3.97. The molecule has 1 atom stereocenters. The van der Waals surface area contributed by atoms with Gasteiger partial charge in [0.25, 0.3) is 0 Å². The van der Waals surface area contributed by atoms with Crippen molar-refractivity contribution in [1.29, 1.82) is 0 Å². The Morgan fingerprint density at radius 2 is 1.47 bits per heavy atom. The number of aliphatic hydroxyl groups excluding tert-OH is 2. The summed E-state index contributed by atoms with van der Waals surface area (Å²) in [5, 5.41) is 17.8.